The lowest BCUT2D eigenvalue weighted by Crippen LogP contribution is -2.37. The van der Waals surface area contributed by atoms with Crippen LogP contribution in [0.5, 0.6) is 0 Å². The molecule has 24 heavy (non-hydrogen) atoms. The largest absolute Gasteiger partial charge is 0.337 e. The van der Waals surface area contributed by atoms with Gasteiger partial charge in [0.15, 0.2) is 0 Å². The van der Waals surface area contributed by atoms with Gasteiger partial charge < -0.3 is 14.9 Å². The fourth-order valence-electron chi connectivity index (χ4n) is 3.48. The second-order valence-electron chi connectivity index (χ2n) is 6.21. The fraction of sp³-hybridized carbons (Fsp3) is 0.200. The fourth-order valence-corrected chi connectivity index (χ4v) is 3.48. The van der Waals surface area contributed by atoms with E-state index in [1.54, 1.807) is 0 Å². The van der Waals surface area contributed by atoms with Crippen LogP contribution in [0.25, 0.3) is 10.9 Å². The number of aromatic nitrogens is 1. The summed E-state index contributed by atoms with van der Waals surface area (Å²) in [6, 6.07) is 16.3. The zero-order valence-corrected chi connectivity index (χ0v) is 13.4. The number of rotatable bonds is 3. The van der Waals surface area contributed by atoms with Crippen LogP contribution in [0.2, 0.25) is 0 Å². The number of hydrogen-bond donors (Lipinski definition) is 1. The summed E-state index contributed by atoms with van der Waals surface area (Å²) >= 11 is 0. The van der Waals surface area contributed by atoms with Crippen LogP contribution < -0.4 is 0 Å². The Hall–Kier alpha value is -2.88. The summed E-state index contributed by atoms with van der Waals surface area (Å²) in [5.41, 5.74) is 4.44. The van der Waals surface area contributed by atoms with Crippen molar-refractivity contribution in [1.29, 1.82) is 5.41 Å². The van der Waals surface area contributed by atoms with Crippen LogP contribution in [-0.2, 0) is 24.3 Å². The van der Waals surface area contributed by atoms with Gasteiger partial charge in [0, 0.05) is 42.0 Å². The van der Waals surface area contributed by atoms with E-state index in [4.69, 9.17) is 5.41 Å². The lowest BCUT2D eigenvalue weighted by molar-refractivity contribution is -0.132. The van der Waals surface area contributed by atoms with Gasteiger partial charge in [-0.3, -0.25) is 4.79 Å². The van der Waals surface area contributed by atoms with Crippen molar-refractivity contribution in [3.8, 4) is 0 Å². The zero-order chi connectivity index (χ0) is 16.5. The van der Waals surface area contributed by atoms with E-state index in [-0.39, 0.29) is 5.91 Å². The molecule has 1 aliphatic heterocycles. The minimum absolute atomic E-state index is 0.127. The Kier molecular flexibility index (Phi) is 3.65. The molecule has 0 bridgehead atoms. The van der Waals surface area contributed by atoms with Crippen LogP contribution in [0.3, 0.4) is 0 Å². The van der Waals surface area contributed by atoms with Crippen LogP contribution in [0.4, 0.5) is 0 Å². The third-order valence-corrected chi connectivity index (χ3v) is 4.76. The van der Waals surface area contributed by atoms with E-state index < -0.39 is 0 Å². The maximum absolute atomic E-state index is 12.8. The maximum atomic E-state index is 12.8. The average Bonchev–Trinajstić information content (AvgIpc) is 2.99. The number of amides is 1. The predicted octanol–water partition coefficient (Wildman–Crippen LogP) is 3.22. The van der Waals surface area contributed by atoms with Gasteiger partial charge in [-0.1, -0.05) is 42.5 Å². The topological polar surface area (TPSA) is 49.1 Å². The monoisotopic (exact) mass is 317 g/mol. The van der Waals surface area contributed by atoms with E-state index in [0.29, 0.717) is 13.1 Å². The lowest BCUT2D eigenvalue weighted by Gasteiger charge is -2.29. The van der Waals surface area contributed by atoms with Crippen LogP contribution in [0.15, 0.2) is 54.7 Å². The van der Waals surface area contributed by atoms with Gasteiger partial charge >= 0.3 is 0 Å². The highest BCUT2D eigenvalue weighted by atomic mass is 16.2. The molecule has 0 unspecified atom stereocenters. The summed E-state index contributed by atoms with van der Waals surface area (Å²) in [5.74, 6) is 0.127. The SMILES string of the molecule is N=Cc1cn(CC(=O)N2CCc3ccccc3C2)c2ccccc12. The molecule has 2 aromatic carbocycles. The number of benzene rings is 2. The van der Waals surface area contributed by atoms with E-state index >= 15 is 0 Å². The van der Waals surface area contributed by atoms with Crippen molar-refractivity contribution in [2.75, 3.05) is 6.54 Å². The Morgan fingerprint density at radius 1 is 1.08 bits per heavy atom. The zero-order valence-electron chi connectivity index (χ0n) is 13.4. The molecule has 4 nitrogen and oxygen atoms in total. The molecule has 1 aromatic heterocycles. The van der Waals surface area contributed by atoms with Gasteiger partial charge in [-0.25, -0.2) is 0 Å². The minimum atomic E-state index is 0.127. The van der Waals surface area contributed by atoms with E-state index in [1.807, 2.05) is 46.0 Å². The van der Waals surface area contributed by atoms with Crippen molar-refractivity contribution in [3.05, 3.63) is 71.4 Å². The Bertz CT molecular complexity index is 926. The molecule has 4 heteroatoms. The smallest absolute Gasteiger partial charge is 0.242 e. The molecule has 0 radical (unpaired) electrons. The molecule has 0 saturated heterocycles. The summed E-state index contributed by atoms with van der Waals surface area (Å²) in [4.78, 5) is 14.7. The minimum Gasteiger partial charge on any atom is -0.337 e. The van der Waals surface area contributed by atoms with E-state index in [2.05, 4.69) is 18.2 Å². The molecule has 0 saturated carbocycles. The summed E-state index contributed by atoms with van der Waals surface area (Å²) in [6.45, 7) is 1.77. The maximum Gasteiger partial charge on any atom is 0.242 e. The molecular weight excluding hydrogens is 298 g/mol. The van der Waals surface area contributed by atoms with Gasteiger partial charge in [0.2, 0.25) is 5.91 Å². The molecule has 3 aromatic rings. The molecule has 1 aliphatic rings. The molecule has 0 spiro atoms. The molecular formula is C20H19N3O. The number of nitrogens with zero attached hydrogens (tertiary/aromatic N) is 2. The van der Waals surface area contributed by atoms with Crippen molar-refractivity contribution in [3.63, 3.8) is 0 Å². The molecule has 0 fully saturated rings. The van der Waals surface area contributed by atoms with Crippen molar-refractivity contribution in [2.45, 2.75) is 19.5 Å². The summed E-state index contributed by atoms with van der Waals surface area (Å²) < 4.78 is 1.96. The van der Waals surface area contributed by atoms with Crippen LogP contribution in [-0.4, -0.2) is 28.1 Å². The first-order chi connectivity index (χ1) is 11.8. The van der Waals surface area contributed by atoms with Gasteiger partial charge in [0.25, 0.3) is 0 Å². The number of fused-ring (bicyclic) bond motifs is 2. The lowest BCUT2D eigenvalue weighted by atomic mass is 10.00. The summed E-state index contributed by atoms with van der Waals surface area (Å²) in [7, 11) is 0. The van der Waals surface area contributed by atoms with Crippen molar-refractivity contribution >= 4 is 23.0 Å². The summed E-state index contributed by atoms with van der Waals surface area (Å²) in [5, 5.41) is 8.58. The molecule has 0 atom stereocenters. The first-order valence-corrected chi connectivity index (χ1v) is 8.19. The number of nitrogens with one attached hydrogen (secondary N) is 1. The highest BCUT2D eigenvalue weighted by Gasteiger charge is 2.21. The van der Waals surface area contributed by atoms with Crippen molar-refractivity contribution in [1.82, 2.24) is 9.47 Å². The molecule has 120 valence electrons. The normalized spacial score (nSPS) is 13.8. The quantitative estimate of drug-likeness (QED) is 0.741. The first kappa shape index (κ1) is 14.7. The molecule has 4 rings (SSSR count). The number of carbonyl (C=O) groups excluding carboxylic acids is 1. The molecule has 2 heterocycles. The first-order valence-electron chi connectivity index (χ1n) is 8.19. The molecule has 1 amide bonds. The summed E-state index contributed by atoms with van der Waals surface area (Å²) in [6.07, 6.45) is 4.16. The second-order valence-corrected chi connectivity index (χ2v) is 6.21. The van der Waals surface area contributed by atoms with E-state index in [1.165, 1.54) is 17.3 Å². The number of carbonyl (C=O) groups is 1. The third kappa shape index (κ3) is 2.50. The van der Waals surface area contributed by atoms with Gasteiger partial charge in [0.05, 0.1) is 0 Å². The Morgan fingerprint density at radius 3 is 2.67 bits per heavy atom. The van der Waals surface area contributed by atoms with Gasteiger partial charge in [-0.05, 0) is 23.6 Å². The number of hydrogen-bond acceptors (Lipinski definition) is 2. The highest BCUT2D eigenvalue weighted by Crippen LogP contribution is 2.22. The van der Waals surface area contributed by atoms with Gasteiger partial charge in [-0.15, -0.1) is 0 Å². The van der Waals surface area contributed by atoms with Crippen molar-refractivity contribution in [2.24, 2.45) is 0 Å². The van der Waals surface area contributed by atoms with Gasteiger partial charge in [-0.2, -0.15) is 0 Å². The molecule has 1 N–H and O–H groups in total. The second kappa shape index (κ2) is 5.96. The van der Waals surface area contributed by atoms with Crippen LogP contribution >= 0.6 is 0 Å². The van der Waals surface area contributed by atoms with Crippen molar-refractivity contribution < 1.29 is 4.79 Å². The highest BCUT2D eigenvalue weighted by molar-refractivity contribution is 5.98. The van der Waals surface area contributed by atoms with E-state index in [9.17, 15) is 4.79 Å². The van der Waals surface area contributed by atoms with Crippen LogP contribution in [0, 0.1) is 5.41 Å². The van der Waals surface area contributed by atoms with Crippen LogP contribution in [0.1, 0.15) is 16.7 Å². The Labute approximate surface area is 140 Å². The Balaban J connectivity index is 1.58. The van der Waals surface area contributed by atoms with Gasteiger partial charge in [0.1, 0.15) is 6.54 Å². The third-order valence-electron chi connectivity index (χ3n) is 4.76. The predicted molar refractivity (Wildman–Crippen MR) is 95.4 cm³/mol. The standard InChI is InChI=1S/C20H19N3O/c21-11-17-13-23(19-8-4-3-7-18(17)19)14-20(24)22-10-9-15-5-1-2-6-16(15)12-22/h1-8,11,13,21H,9-10,12,14H2. The average molecular weight is 317 g/mol. The Morgan fingerprint density at radius 2 is 1.83 bits per heavy atom. The molecule has 0 aliphatic carbocycles. The van der Waals surface area contributed by atoms with E-state index in [0.717, 1.165) is 29.4 Å². The number of para-hydroxylation sites is 1.